The van der Waals surface area contributed by atoms with Crippen molar-refractivity contribution >= 4 is 17.6 Å². The fraction of sp³-hybridized carbons (Fsp3) is 0.467. The van der Waals surface area contributed by atoms with E-state index in [2.05, 4.69) is 35.5 Å². The summed E-state index contributed by atoms with van der Waals surface area (Å²) >= 11 is 0. The predicted molar refractivity (Wildman–Crippen MR) is 87.8 cm³/mol. The lowest BCUT2D eigenvalue weighted by atomic mass is 10.3. The molecule has 0 aliphatic carbocycles. The van der Waals surface area contributed by atoms with Gasteiger partial charge in [-0.1, -0.05) is 0 Å². The molecule has 122 valence electrons. The molecule has 23 heavy (non-hydrogen) atoms. The van der Waals surface area contributed by atoms with E-state index in [1.165, 1.54) is 6.33 Å². The van der Waals surface area contributed by atoms with Gasteiger partial charge in [0.15, 0.2) is 0 Å². The smallest absolute Gasteiger partial charge is 0.230 e. The standard InChI is InChI=1S/C15H21N7O/c1-12-10-18-15(20-13-2-3-16-11-19-13)21-14(12)17-4-5-22-6-8-23-9-7-22/h2-3,10-11H,4-9H2,1H3,(H2,16,17,18,19,20,21). The average Bonchev–Trinajstić information content (AvgIpc) is 2.59. The van der Waals surface area contributed by atoms with E-state index in [-0.39, 0.29) is 0 Å². The molecule has 0 bridgehead atoms. The van der Waals surface area contributed by atoms with Crippen LogP contribution in [-0.2, 0) is 4.74 Å². The first-order chi connectivity index (χ1) is 11.3. The van der Waals surface area contributed by atoms with Crippen molar-refractivity contribution in [3.8, 4) is 0 Å². The van der Waals surface area contributed by atoms with E-state index in [9.17, 15) is 0 Å². The van der Waals surface area contributed by atoms with Crippen LogP contribution >= 0.6 is 0 Å². The molecular formula is C15H21N7O. The lowest BCUT2D eigenvalue weighted by molar-refractivity contribution is 0.0398. The van der Waals surface area contributed by atoms with Crippen LogP contribution in [-0.4, -0.2) is 64.2 Å². The first kappa shape index (κ1) is 15.6. The van der Waals surface area contributed by atoms with Gasteiger partial charge in [-0.25, -0.2) is 15.0 Å². The number of nitrogens with one attached hydrogen (secondary N) is 2. The fourth-order valence-electron chi connectivity index (χ4n) is 2.32. The van der Waals surface area contributed by atoms with E-state index in [1.807, 2.05) is 6.92 Å². The molecule has 1 aliphatic heterocycles. The molecule has 2 N–H and O–H groups in total. The molecule has 8 heteroatoms. The highest BCUT2D eigenvalue weighted by molar-refractivity contribution is 5.52. The lowest BCUT2D eigenvalue weighted by Gasteiger charge is -2.26. The Balaban J connectivity index is 1.56. The van der Waals surface area contributed by atoms with Gasteiger partial charge < -0.3 is 15.4 Å². The van der Waals surface area contributed by atoms with Crippen LogP contribution in [0.25, 0.3) is 0 Å². The zero-order valence-electron chi connectivity index (χ0n) is 13.2. The average molecular weight is 315 g/mol. The molecule has 0 spiro atoms. The summed E-state index contributed by atoms with van der Waals surface area (Å²) < 4.78 is 5.35. The summed E-state index contributed by atoms with van der Waals surface area (Å²) in [5.74, 6) is 2.02. The summed E-state index contributed by atoms with van der Waals surface area (Å²) in [5, 5.41) is 6.45. The largest absolute Gasteiger partial charge is 0.379 e. The van der Waals surface area contributed by atoms with Crippen molar-refractivity contribution in [2.24, 2.45) is 0 Å². The predicted octanol–water partition coefficient (Wildman–Crippen LogP) is 1.06. The summed E-state index contributed by atoms with van der Waals surface area (Å²) in [6.45, 7) is 7.42. The Morgan fingerprint density at radius 2 is 2.13 bits per heavy atom. The minimum Gasteiger partial charge on any atom is -0.379 e. The van der Waals surface area contributed by atoms with Crippen molar-refractivity contribution in [3.63, 3.8) is 0 Å². The zero-order valence-corrected chi connectivity index (χ0v) is 13.2. The first-order valence-electron chi connectivity index (χ1n) is 7.72. The molecule has 0 atom stereocenters. The Kier molecular flexibility index (Phi) is 5.28. The van der Waals surface area contributed by atoms with Crippen molar-refractivity contribution < 1.29 is 4.74 Å². The maximum atomic E-state index is 5.35. The van der Waals surface area contributed by atoms with E-state index in [0.717, 1.165) is 50.8 Å². The van der Waals surface area contributed by atoms with Gasteiger partial charge in [-0.3, -0.25) is 4.90 Å². The molecule has 2 aromatic rings. The van der Waals surface area contributed by atoms with Gasteiger partial charge in [0.1, 0.15) is 18.0 Å². The number of morpholine rings is 1. The second-order valence-electron chi connectivity index (χ2n) is 5.33. The quantitative estimate of drug-likeness (QED) is 0.818. The van der Waals surface area contributed by atoms with Crippen LogP contribution in [0.3, 0.4) is 0 Å². The number of anilines is 3. The number of ether oxygens (including phenoxy) is 1. The second-order valence-corrected chi connectivity index (χ2v) is 5.33. The van der Waals surface area contributed by atoms with Crippen LogP contribution in [0.15, 0.2) is 24.8 Å². The molecule has 3 heterocycles. The number of rotatable bonds is 6. The van der Waals surface area contributed by atoms with Crippen LogP contribution in [0.5, 0.6) is 0 Å². The van der Waals surface area contributed by atoms with Crippen LogP contribution in [0.4, 0.5) is 17.6 Å². The molecule has 0 amide bonds. The van der Waals surface area contributed by atoms with E-state index in [0.29, 0.717) is 11.8 Å². The van der Waals surface area contributed by atoms with Gasteiger partial charge in [-0.2, -0.15) is 4.98 Å². The van der Waals surface area contributed by atoms with Gasteiger partial charge in [0.2, 0.25) is 5.95 Å². The van der Waals surface area contributed by atoms with Crippen molar-refractivity contribution in [3.05, 3.63) is 30.4 Å². The number of nitrogens with zero attached hydrogens (tertiary/aromatic N) is 5. The molecular weight excluding hydrogens is 294 g/mol. The van der Waals surface area contributed by atoms with E-state index < -0.39 is 0 Å². The maximum absolute atomic E-state index is 5.35. The SMILES string of the molecule is Cc1cnc(Nc2ccncn2)nc1NCCN1CCOCC1. The lowest BCUT2D eigenvalue weighted by Crippen LogP contribution is -2.39. The zero-order chi connectivity index (χ0) is 15.9. The van der Waals surface area contributed by atoms with E-state index in [1.54, 1.807) is 18.5 Å². The summed E-state index contributed by atoms with van der Waals surface area (Å²) in [6.07, 6.45) is 4.95. The van der Waals surface area contributed by atoms with Gasteiger partial charge in [0, 0.05) is 44.1 Å². The second kappa shape index (κ2) is 7.80. The van der Waals surface area contributed by atoms with Crippen molar-refractivity contribution in [1.29, 1.82) is 0 Å². The molecule has 0 aromatic carbocycles. The molecule has 8 nitrogen and oxygen atoms in total. The van der Waals surface area contributed by atoms with Crippen molar-refractivity contribution in [2.75, 3.05) is 50.0 Å². The van der Waals surface area contributed by atoms with E-state index in [4.69, 9.17) is 4.74 Å². The van der Waals surface area contributed by atoms with Crippen molar-refractivity contribution in [1.82, 2.24) is 24.8 Å². The number of aromatic nitrogens is 4. The van der Waals surface area contributed by atoms with Gasteiger partial charge in [-0.05, 0) is 13.0 Å². The van der Waals surface area contributed by atoms with Gasteiger partial charge in [-0.15, -0.1) is 0 Å². The van der Waals surface area contributed by atoms with Crippen molar-refractivity contribution in [2.45, 2.75) is 6.92 Å². The normalized spacial score (nSPS) is 15.3. The number of aryl methyl sites for hydroxylation is 1. The Labute approximate surface area is 135 Å². The third-order valence-corrected chi connectivity index (χ3v) is 3.62. The van der Waals surface area contributed by atoms with Gasteiger partial charge in [0.25, 0.3) is 0 Å². The first-order valence-corrected chi connectivity index (χ1v) is 7.72. The highest BCUT2D eigenvalue weighted by Gasteiger charge is 2.10. The molecule has 0 unspecified atom stereocenters. The van der Waals surface area contributed by atoms with Gasteiger partial charge in [0.05, 0.1) is 13.2 Å². The number of hydrogen-bond acceptors (Lipinski definition) is 8. The molecule has 0 saturated carbocycles. The minimum absolute atomic E-state index is 0.517. The molecule has 2 aromatic heterocycles. The van der Waals surface area contributed by atoms with Crippen LogP contribution in [0, 0.1) is 6.92 Å². The highest BCUT2D eigenvalue weighted by Crippen LogP contribution is 2.15. The Hall–Kier alpha value is -2.32. The fourth-order valence-corrected chi connectivity index (χ4v) is 2.32. The Morgan fingerprint density at radius 3 is 2.91 bits per heavy atom. The topological polar surface area (TPSA) is 88.1 Å². The molecule has 3 rings (SSSR count). The molecule has 1 saturated heterocycles. The monoisotopic (exact) mass is 315 g/mol. The highest BCUT2D eigenvalue weighted by atomic mass is 16.5. The summed E-state index contributed by atoms with van der Waals surface area (Å²) in [4.78, 5) is 19.2. The molecule has 1 aliphatic rings. The summed E-state index contributed by atoms with van der Waals surface area (Å²) in [7, 11) is 0. The third kappa shape index (κ3) is 4.57. The third-order valence-electron chi connectivity index (χ3n) is 3.62. The maximum Gasteiger partial charge on any atom is 0.230 e. The molecule has 0 radical (unpaired) electrons. The van der Waals surface area contributed by atoms with Gasteiger partial charge >= 0.3 is 0 Å². The van der Waals surface area contributed by atoms with E-state index >= 15 is 0 Å². The van der Waals surface area contributed by atoms with Crippen LogP contribution < -0.4 is 10.6 Å². The summed E-state index contributed by atoms with van der Waals surface area (Å²) in [5.41, 5.74) is 1.01. The Bertz CT molecular complexity index is 616. The number of hydrogen-bond donors (Lipinski definition) is 2. The van der Waals surface area contributed by atoms with Crippen LogP contribution in [0.1, 0.15) is 5.56 Å². The Morgan fingerprint density at radius 1 is 1.26 bits per heavy atom. The molecule has 1 fully saturated rings. The minimum atomic E-state index is 0.517. The summed E-state index contributed by atoms with van der Waals surface area (Å²) in [6, 6.07) is 1.77. The van der Waals surface area contributed by atoms with Crippen LogP contribution in [0.2, 0.25) is 0 Å².